The SMILES string of the molecule is CC(CCNC=O)NC(=O)CCc1cc(-c2ccc(F)cc2)[nH]c1-c1ccc(F)cc1. The van der Waals surface area contributed by atoms with Crippen molar-refractivity contribution in [2.24, 2.45) is 0 Å². The van der Waals surface area contributed by atoms with Crippen molar-refractivity contribution in [2.45, 2.75) is 32.2 Å². The van der Waals surface area contributed by atoms with Crippen LogP contribution < -0.4 is 10.6 Å². The maximum atomic E-state index is 13.4. The van der Waals surface area contributed by atoms with Crippen LogP contribution in [0.25, 0.3) is 22.5 Å². The topological polar surface area (TPSA) is 74.0 Å². The lowest BCUT2D eigenvalue weighted by atomic mass is 10.0. The van der Waals surface area contributed by atoms with Gasteiger partial charge in [-0.1, -0.05) is 0 Å². The highest BCUT2D eigenvalue weighted by Crippen LogP contribution is 2.30. The van der Waals surface area contributed by atoms with Crippen molar-refractivity contribution >= 4 is 12.3 Å². The number of aromatic nitrogens is 1. The van der Waals surface area contributed by atoms with Crippen molar-refractivity contribution in [1.29, 1.82) is 0 Å². The van der Waals surface area contributed by atoms with Crippen molar-refractivity contribution in [3.05, 3.63) is 71.8 Å². The third kappa shape index (κ3) is 6.25. The Morgan fingerprint density at radius 1 is 1.03 bits per heavy atom. The molecule has 3 aromatic rings. The molecule has 7 heteroatoms. The first-order valence-electron chi connectivity index (χ1n) is 10.2. The Balaban J connectivity index is 1.76. The molecular weight excluding hydrogens is 400 g/mol. The first-order chi connectivity index (χ1) is 15.0. The Hall–Kier alpha value is -3.48. The second-order valence-corrected chi connectivity index (χ2v) is 7.43. The van der Waals surface area contributed by atoms with Gasteiger partial charge in [0, 0.05) is 30.4 Å². The van der Waals surface area contributed by atoms with Crippen LogP contribution in [-0.2, 0) is 16.0 Å². The predicted octanol–water partition coefficient (Wildman–Crippen LogP) is 4.20. The van der Waals surface area contributed by atoms with E-state index in [1.54, 1.807) is 24.3 Å². The van der Waals surface area contributed by atoms with Gasteiger partial charge in [0.25, 0.3) is 0 Å². The number of carbonyl (C=O) groups is 2. The number of carbonyl (C=O) groups excluding carboxylic acids is 2. The summed E-state index contributed by atoms with van der Waals surface area (Å²) < 4.78 is 26.7. The molecular formula is C24H25F2N3O2. The van der Waals surface area contributed by atoms with Gasteiger partial charge >= 0.3 is 0 Å². The minimum atomic E-state index is -0.326. The Labute approximate surface area is 179 Å². The second kappa shape index (κ2) is 10.5. The van der Waals surface area contributed by atoms with E-state index < -0.39 is 0 Å². The number of aromatic amines is 1. The Bertz CT molecular complexity index is 1010. The van der Waals surface area contributed by atoms with E-state index in [1.165, 1.54) is 24.3 Å². The maximum absolute atomic E-state index is 13.4. The van der Waals surface area contributed by atoms with Crippen LogP contribution >= 0.6 is 0 Å². The predicted molar refractivity (Wildman–Crippen MR) is 116 cm³/mol. The summed E-state index contributed by atoms with van der Waals surface area (Å²) in [5.74, 6) is -0.732. The molecule has 0 aliphatic carbocycles. The summed E-state index contributed by atoms with van der Waals surface area (Å²) in [7, 11) is 0. The Kier molecular flexibility index (Phi) is 7.54. The smallest absolute Gasteiger partial charge is 0.220 e. The number of amides is 2. The zero-order valence-electron chi connectivity index (χ0n) is 17.3. The van der Waals surface area contributed by atoms with E-state index in [-0.39, 0.29) is 30.0 Å². The lowest BCUT2D eigenvalue weighted by Crippen LogP contribution is -2.34. The van der Waals surface area contributed by atoms with E-state index in [0.29, 0.717) is 25.8 Å². The fourth-order valence-electron chi connectivity index (χ4n) is 3.38. The van der Waals surface area contributed by atoms with Crippen LogP contribution in [0.15, 0.2) is 54.6 Å². The number of nitrogens with one attached hydrogen (secondary N) is 3. The van der Waals surface area contributed by atoms with Crippen LogP contribution in [0, 0.1) is 11.6 Å². The summed E-state index contributed by atoms with van der Waals surface area (Å²) >= 11 is 0. The fraction of sp³-hybridized carbons (Fsp3) is 0.250. The van der Waals surface area contributed by atoms with Gasteiger partial charge in [-0.25, -0.2) is 8.78 Å². The number of hydrogen-bond donors (Lipinski definition) is 3. The molecule has 3 N–H and O–H groups in total. The second-order valence-electron chi connectivity index (χ2n) is 7.43. The van der Waals surface area contributed by atoms with E-state index in [9.17, 15) is 18.4 Å². The van der Waals surface area contributed by atoms with E-state index in [0.717, 1.165) is 28.1 Å². The normalized spacial score (nSPS) is 11.7. The molecule has 31 heavy (non-hydrogen) atoms. The first kappa shape index (κ1) is 22.2. The van der Waals surface area contributed by atoms with Gasteiger partial charge in [0.05, 0.1) is 0 Å². The van der Waals surface area contributed by atoms with E-state index >= 15 is 0 Å². The summed E-state index contributed by atoms with van der Waals surface area (Å²) in [5, 5.41) is 5.50. The van der Waals surface area contributed by atoms with Crippen molar-refractivity contribution < 1.29 is 18.4 Å². The van der Waals surface area contributed by atoms with Crippen molar-refractivity contribution in [2.75, 3.05) is 6.54 Å². The Morgan fingerprint density at radius 3 is 2.26 bits per heavy atom. The minimum absolute atomic E-state index is 0.0579. The van der Waals surface area contributed by atoms with Crippen molar-refractivity contribution in [3.63, 3.8) is 0 Å². The Morgan fingerprint density at radius 2 is 1.65 bits per heavy atom. The highest BCUT2D eigenvalue weighted by Gasteiger charge is 2.14. The number of rotatable bonds is 10. The standard InChI is InChI=1S/C24H25F2N3O2/c1-16(12-13-27-15-30)28-23(31)11-6-19-14-22(17-2-7-20(25)8-3-17)29-24(19)18-4-9-21(26)10-5-18/h2-5,7-10,14-16,29H,6,11-13H2,1H3,(H,27,30)(H,28,31). The molecule has 3 rings (SSSR count). The maximum Gasteiger partial charge on any atom is 0.220 e. The van der Waals surface area contributed by atoms with Crippen molar-refractivity contribution in [3.8, 4) is 22.5 Å². The third-order valence-corrected chi connectivity index (χ3v) is 5.02. The number of benzene rings is 2. The average Bonchev–Trinajstić information content (AvgIpc) is 3.18. The first-order valence-corrected chi connectivity index (χ1v) is 10.2. The summed E-state index contributed by atoms with van der Waals surface area (Å²) in [5.41, 5.74) is 4.13. The molecule has 5 nitrogen and oxygen atoms in total. The molecule has 1 atom stereocenters. The van der Waals surface area contributed by atoms with Gasteiger partial charge in [0.2, 0.25) is 12.3 Å². The molecule has 0 fully saturated rings. The van der Waals surface area contributed by atoms with Gasteiger partial charge in [-0.05, 0) is 91.1 Å². The molecule has 0 bridgehead atoms. The number of hydrogen-bond acceptors (Lipinski definition) is 2. The van der Waals surface area contributed by atoms with Crippen molar-refractivity contribution in [1.82, 2.24) is 15.6 Å². The molecule has 2 aromatic carbocycles. The summed E-state index contributed by atoms with van der Waals surface area (Å²) in [6, 6.07) is 14.2. The van der Waals surface area contributed by atoms with Gasteiger partial charge in [0.15, 0.2) is 0 Å². The molecule has 0 spiro atoms. The van der Waals surface area contributed by atoms with Crippen LogP contribution in [0.1, 0.15) is 25.3 Å². The van der Waals surface area contributed by atoms with Gasteiger partial charge in [-0.3, -0.25) is 9.59 Å². The highest BCUT2D eigenvalue weighted by atomic mass is 19.1. The largest absolute Gasteiger partial charge is 0.359 e. The molecule has 0 saturated heterocycles. The number of H-pyrrole nitrogens is 1. The summed E-state index contributed by atoms with van der Waals surface area (Å²) in [6.07, 6.45) is 2.04. The molecule has 1 aromatic heterocycles. The zero-order valence-corrected chi connectivity index (χ0v) is 17.3. The summed E-state index contributed by atoms with van der Waals surface area (Å²) in [4.78, 5) is 26.0. The number of halogens is 2. The van der Waals surface area contributed by atoms with Crippen LogP contribution in [0.5, 0.6) is 0 Å². The van der Waals surface area contributed by atoms with Gasteiger partial charge < -0.3 is 15.6 Å². The van der Waals surface area contributed by atoms with Crippen LogP contribution in [-0.4, -0.2) is 29.9 Å². The lowest BCUT2D eigenvalue weighted by Gasteiger charge is -2.13. The molecule has 0 aliphatic rings. The summed E-state index contributed by atoms with van der Waals surface area (Å²) in [6.45, 7) is 2.38. The molecule has 0 saturated carbocycles. The molecule has 0 radical (unpaired) electrons. The molecule has 2 amide bonds. The quantitative estimate of drug-likeness (QED) is 0.336. The average molecular weight is 425 g/mol. The number of aryl methyl sites for hydroxylation is 1. The van der Waals surface area contributed by atoms with Gasteiger partial charge in [-0.15, -0.1) is 0 Å². The molecule has 162 valence electrons. The van der Waals surface area contributed by atoms with Crippen LogP contribution in [0.3, 0.4) is 0 Å². The minimum Gasteiger partial charge on any atom is -0.359 e. The molecule has 1 unspecified atom stereocenters. The van der Waals surface area contributed by atoms with E-state index in [1.807, 2.05) is 13.0 Å². The lowest BCUT2D eigenvalue weighted by molar-refractivity contribution is -0.121. The van der Waals surface area contributed by atoms with Gasteiger partial charge in [0.1, 0.15) is 11.6 Å². The highest BCUT2D eigenvalue weighted by molar-refractivity contribution is 5.78. The third-order valence-electron chi connectivity index (χ3n) is 5.02. The zero-order chi connectivity index (χ0) is 22.2. The van der Waals surface area contributed by atoms with Crippen LogP contribution in [0.2, 0.25) is 0 Å². The van der Waals surface area contributed by atoms with Gasteiger partial charge in [-0.2, -0.15) is 0 Å². The van der Waals surface area contributed by atoms with Crippen LogP contribution in [0.4, 0.5) is 8.78 Å². The monoisotopic (exact) mass is 425 g/mol. The van der Waals surface area contributed by atoms with E-state index in [2.05, 4.69) is 15.6 Å². The molecule has 0 aliphatic heterocycles. The fourth-order valence-corrected chi connectivity index (χ4v) is 3.38. The molecule has 1 heterocycles. The van der Waals surface area contributed by atoms with E-state index in [4.69, 9.17) is 0 Å².